The third kappa shape index (κ3) is 3.67. The smallest absolute Gasteiger partial charge is 0.301 e. The fourth-order valence-electron chi connectivity index (χ4n) is 4.81. The predicted molar refractivity (Wildman–Crippen MR) is 141 cm³/mol. The summed E-state index contributed by atoms with van der Waals surface area (Å²) in [5, 5.41) is 12.4. The van der Waals surface area contributed by atoms with E-state index in [9.17, 15) is 14.7 Å². The Morgan fingerprint density at radius 1 is 1.11 bits per heavy atom. The van der Waals surface area contributed by atoms with Crippen LogP contribution in [0, 0.1) is 6.92 Å². The van der Waals surface area contributed by atoms with Crippen molar-refractivity contribution in [2.75, 3.05) is 4.90 Å². The molecule has 2 atom stereocenters. The molecular weight excluding hydrogens is 496 g/mol. The molecule has 36 heavy (non-hydrogen) atoms. The number of hydrogen-bond donors (Lipinski definition) is 1. The summed E-state index contributed by atoms with van der Waals surface area (Å²) in [5.41, 5.74) is 3.88. The Kier molecular flexibility index (Phi) is 5.35. The molecule has 1 aromatic heterocycles. The second-order valence-electron chi connectivity index (χ2n) is 9.14. The van der Waals surface area contributed by atoms with Crippen LogP contribution in [-0.2, 0) is 16.0 Å². The Hall–Kier alpha value is -3.68. The minimum Gasteiger partial charge on any atom is -0.507 e. The number of fused-ring (bicyclic) bond motifs is 2. The average molecular weight is 517 g/mol. The van der Waals surface area contributed by atoms with E-state index in [2.05, 4.69) is 4.98 Å². The largest absolute Gasteiger partial charge is 0.507 e. The summed E-state index contributed by atoms with van der Waals surface area (Å²) < 4.78 is 6.58. The number of nitrogens with zero attached hydrogens (tertiary/aromatic N) is 2. The highest BCUT2D eigenvalue weighted by Crippen LogP contribution is 2.45. The number of carbonyl (C=O) groups is 2. The number of carbonyl (C=O) groups excluding carboxylic acids is 2. The number of aryl methyl sites for hydroxylation is 1. The summed E-state index contributed by atoms with van der Waals surface area (Å²) in [5.74, 6) is -0.929. The van der Waals surface area contributed by atoms with E-state index in [-0.39, 0.29) is 17.4 Å². The third-order valence-electron chi connectivity index (χ3n) is 6.55. The molecule has 3 aromatic carbocycles. The van der Waals surface area contributed by atoms with Gasteiger partial charge in [-0.1, -0.05) is 52.8 Å². The van der Waals surface area contributed by atoms with Crippen LogP contribution in [0.1, 0.15) is 35.2 Å². The van der Waals surface area contributed by atoms with Crippen molar-refractivity contribution < 1.29 is 19.4 Å². The van der Waals surface area contributed by atoms with Crippen molar-refractivity contribution in [1.29, 1.82) is 0 Å². The first-order chi connectivity index (χ1) is 17.3. The van der Waals surface area contributed by atoms with E-state index < -0.39 is 17.7 Å². The summed E-state index contributed by atoms with van der Waals surface area (Å²) >= 11 is 7.43. The summed E-state index contributed by atoms with van der Waals surface area (Å²) in [6.07, 6.45) is 0.753. The lowest BCUT2D eigenvalue weighted by atomic mass is 9.94. The first kappa shape index (κ1) is 22.8. The highest BCUT2D eigenvalue weighted by molar-refractivity contribution is 7.22. The topological polar surface area (TPSA) is 79.7 Å². The van der Waals surface area contributed by atoms with Crippen molar-refractivity contribution >= 4 is 55.7 Å². The van der Waals surface area contributed by atoms with Gasteiger partial charge < -0.3 is 9.84 Å². The third-order valence-corrected chi connectivity index (χ3v) is 7.80. The maximum Gasteiger partial charge on any atom is 0.301 e. The van der Waals surface area contributed by atoms with Gasteiger partial charge in [0.1, 0.15) is 17.6 Å². The molecule has 2 aliphatic heterocycles. The number of halogens is 1. The van der Waals surface area contributed by atoms with Crippen molar-refractivity contribution in [2.45, 2.75) is 32.4 Å². The van der Waals surface area contributed by atoms with E-state index in [1.807, 2.05) is 44.2 Å². The van der Waals surface area contributed by atoms with Crippen molar-refractivity contribution in [3.63, 3.8) is 0 Å². The maximum absolute atomic E-state index is 13.4. The molecule has 1 saturated heterocycles. The summed E-state index contributed by atoms with van der Waals surface area (Å²) in [6.45, 7) is 3.94. The lowest BCUT2D eigenvalue weighted by molar-refractivity contribution is -0.132. The number of benzene rings is 3. The fourth-order valence-corrected chi connectivity index (χ4v) is 6.08. The van der Waals surface area contributed by atoms with E-state index in [1.54, 1.807) is 30.3 Å². The SMILES string of the molecule is Cc1ccc(C2/C(=C(\O)c3ccc4c(c3)CC(C)O4)C(=O)C(=O)N2c2nc3ccc(Cl)cc3s2)cc1. The van der Waals surface area contributed by atoms with Crippen LogP contribution < -0.4 is 9.64 Å². The number of thiazole rings is 1. The van der Waals surface area contributed by atoms with Crippen LogP contribution in [0.25, 0.3) is 16.0 Å². The molecule has 4 aromatic rings. The van der Waals surface area contributed by atoms with Crippen LogP contribution in [0.4, 0.5) is 5.13 Å². The van der Waals surface area contributed by atoms with E-state index in [0.717, 1.165) is 21.6 Å². The van der Waals surface area contributed by atoms with E-state index in [1.165, 1.54) is 16.2 Å². The van der Waals surface area contributed by atoms with Gasteiger partial charge in [-0.3, -0.25) is 14.5 Å². The number of aliphatic hydroxyl groups excluding tert-OH is 1. The number of hydrogen-bond acceptors (Lipinski definition) is 6. The second-order valence-corrected chi connectivity index (χ2v) is 10.6. The summed E-state index contributed by atoms with van der Waals surface area (Å²) in [6, 6.07) is 17.4. The predicted octanol–water partition coefficient (Wildman–Crippen LogP) is 6.21. The number of rotatable bonds is 3. The molecule has 6 rings (SSSR count). The van der Waals surface area contributed by atoms with Gasteiger partial charge in [0.25, 0.3) is 5.78 Å². The van der Waals surface area contributed by atoms with Gasteiger partial charge in [-0.05, 0) is 61.4 Å². The zero-order chi connectivity index (χ0) is 25.1. The molecule has 2 unspecified atom stereocenters. The molecule has 2 aliphatic rings. The van der Waals surface area contributed by atoms with E-state index in [0.29, 0.717) is 33.2 Å². The minimum atomic E-state index is -0.829. The van der Waals surface area contributed by atoms with Gasteiger partial charge in [0.15, 0.2) is 5.13 Å². The van der Waals surface area contributed by atoms with Gasteiger partial charge in [0.05, 0.1) is 21.8 Å². The van der Waals surface area contributed by atoms with Crippen LogP contribution in [0.2, 0.25) is 5.02 Å². The number of anilines is 1. The van der Waals surface area contributed by atoms with Crippen molar-refractivity contribution in [3.05, 3.63) is 93.5 Å². The number of amides is 1. The Labute approximate surface area is 216 Å². The van der Waals surface area contributed by atoms with E-state index >= 15 is 0 Å². The van der Waals surface area contributed by atoms with Gasteiger partial charge >= 0.3 is 5.91 Å². The van der Waals surface area contributed by atoms with Gasteiger partial charge in [0.2, 0.25) is 0 Å². The van der Waals surface area contributed by atoms with Gasteiger partial charge in [-0.15, -0.1) is 0 Å². The van der Waals surface area contributed by atoms with Crippen LogP contribution in [-0.4, -0.2) is 27.9 Å². The zero-order valence-corrected chi connectivity index (χ0v) is 21.1. The molecule has 0 bridgehead atoms. The van der Waals surface area contributed by atoms with Gasteiger partial charge in [-0.25, -0.2) is 4.98 Å². The summed E-state index contributed by atoms with van der Waals surface area (Å²) in [4.78, 5) is 32.9. The average Bonchev–Trinajstić information content (AvgIpc) is 3.51. The number of ether oxygens (including phenoxy) is 1. The Bertz CT molecular complexity index is 1590. The first-order valence-corrected chi connectivity index (χ1v) is 12.7. The standard InChI is InChI=1S/C28H21ClN2O4S/c1-14-3-5-16(6-4-14)24-23(25(32)17-7-10-21-18(12-17)11-15(2)35-21)26(33)27(34)31(24)28-30-20-9-8-19(29)13-22(20)36-28/h3-10,12-13,15,24,32H,11H2,1-2H3/b25-23+. The van der Waals surface area contributed by atoms with Crippen LogP contribution >= 0.6 is 22.9 Å². The van der Waals surface area contributed by atoms with Crippen molar-refractivity contribution in [1.82, 2.24) is 4.98 Å². The Morgan fingerprint density at radius 2 is 1.89 bits per heavy atom. The first-order valence-electron chi connectivity index (χ1n) is 11.5. The van der Waals surface area contributed by atoms with Crippen LogP contribution in [0.15, 0.2) is 66.2 Å². The molecule has 0 saturated carbocycles. The lowest BCUT2D eigenvalue weighted by Gasteiger charge is -2.23. The monoisotopic (exact) mass is 516 g/mol. The Morgan fingerprint density at radius 3 is 2.67 bits per heavy atom. The molecule has 0 radical (unpaired) electrons. The molecular formula is C28H21ClN2O4S. The highest BCUT2D eigenvalue weighted by Gasteiger charge is 2.48. The van der Waals surface area contributed by atoms with Crippen LogP contribution in [0.5, 0.6) is 5.75 Å². The molecule has 6 nitrogen and oxygen atoms in total. The molecule has 3 heterocycles. The number of aromatic nitrogens is 1. The Balaban J connectivity index is 1.53. The lowest BCUT2D eigenvalue weighted by Crippen LogP contribution is -2.29. The number of ketones is 1. The normalized spacial score (nSPS) is 20.7. The molecule has 1 N–H and O–H groups in total. The molecule has 0 aliphatic carbocycles. The molecule has 0 spiro atoms. The quantitative estimate of drug-likeness (QED) is 0.199. The molecule has 180 valence electrons. The van der Waals surface area contributed by atoms with Gasteiger partial charge in [-0.2, -0.15) is 0 Å². The van der Waals surface area contributed by atoms with Crippen molar-refractivity contribution in [2.24, 2.45) is 0 Å². The maximum atomic E-state index is 13.4. The second kappa shape index (κ2) is 8.47. The van der Waals surface area contributed by atoms with Gasteiger partial charge in [0, 0.05) is 17.0 Å². The summed E-state index contributed by atoms with van der Waals surface area (Å²) in [7, 11) is 0. The highest BCUT2D eigenvalue weighted by atomic mass is 35.5. The zero-order valence-electron chi connectivity index (χ0n) is 19.5. The minimum absolute atomic E-state index is 0.0352. The molecule has 1 fully saturated rings. The van der Waals surface area contributed by atoms with E-state index in [4.69, 9.17) is 16.3 Å². The molecule has 1 amide bonds. The number of Topliss-reactive ketones (excluding diaryl/α,β-unsaturated/α-hetero) is 1. The number of aliphatic hydroxyl groups is 1. The van der Waals surface area contributed by atoms with Crippen molar-refractivity contribution in [3.8, 4) is 5.75 Å². The fraction of sp³-hybridized carbons (Fsp3) is 0.179. The molecule has 8 heteroatoms. The van der Waals surface area contributed by atoms with Crippen LogP contribution in [0.3, 0.4) is 0 Å².